The molecule has 0 atom stereocenters. The zero-order valence-electron chi connectivity index (χ0n) is 14.7. The second kappa shape index (κ2) is 7.55. The van der Waals surface area contributed by atoms with E-state index in [0.717, 1.165) is 60.2 Å². The minimum absolute atomic E-state index is 0.00716. The average Bonchev–Trinajstić information content (AvgIpc) is 3.28. The highest BCUT2D eigenvalue weighted by Gasteiger charge is 2.26. The van der Waals surface area contributed by atoms with Crippen LogP contribution < -0.4 is 0 Å². The van der Waals surface area contributed by atoms with E-state index in [-0.39, 0.29) is 5.91 Å². The molecular formula is C20H21BrN2O2S. The molecule has 1 fully saturated rings. The first-order valence-corrected chi connectivity index (χ1v) is 10.5. The predicted octanol–water partition coefficient (Wildman–Crippen LogP) is 4.57. The number of hydrogen-bond acceptors (Lipinski definition) is 4. The highest BCUT2D eigenvalue weighted by molar-refractivity contribution is 9.10. The molecule has 0 unspecified atom stereocenters. The van der Waals surface area contributed by atoms with Crippen LogP contribution in [0.4, 0.5) is 0 Å². The van der Waals surface area contributed by atoms with E-state index < -0.39 is 0 Å². The molecule has 0 radical (unpaired) electrons. The molecule has 2 aromatic heterocycles. The van der Waals surface area contributed by atoms with Gasteiger partial charge in [-0.05, 0) is 43.0 Å². The van der Waals surface area contributed by atoms with E-state index in [4.69, 9.17) is 4.42 Å². The van der Waals surface area contributed by atoms with Crippen LogP contribution in [0.25, 0.3) is 11.0 Å². The molecule has 4 nitrogen and oxygen atoms in total. The van der Waals surface area contributed by atoms with Crippen LogP contribution in [0, 0.1) is 6.92 Å². The van der Waals surface area contributed by atoms with Gasteiger partial charge in [0.05, 0.1) is 0 Å². The summed E-state index contributed by atoms with van der Waals surface area (Å²) in [5, 5.41) is 3.12. The molecule has 0 bridgehead atoms. The summed E-state index contributed by atoms with van der Waals surface area (Å²) in [4.78, 5) is 18.7. The average molecular weight is 433 g/mol. The van der Waals surface area contributed by atoms with Gasteiger partial charge in [0.2, 0.25) is 0 Å². The summed E-state index contributed by atoms with van der Waals surface area (Å²) < 4.78 is 6.86. The highest BCUT2D eigenvalue weighted by atomic mass is 79.9. The third kappa shape index (κ3) is 3.59. The predicted molar refractivity (Wildman–Crippen MR) is 109 cm³/mol. The Balaban J connectivity index is 1.40. The molecule has 1 amide bonds. The molecule has 1 aromatic carbocycles. The zero-order chi connectivity index (χ0) is 18.1. The number of carbonyl (C=O) groups is 1. The summed E-state index contributed by atoms with van der Waals surface area (Å²) in [7, 11) is 0. The summed E-state index contributed by atoms with van der Waals surface area (Å²) in [5.74, 6) is 0.484. The fraction of sp³-hybridized carbons (Fsp3) is 0.350. The summed E-state index contributed by atoms with van der Waals surface area (Å²) in [6, 6.07) is 10.1. The molecule has 26 heavy (non-hydrogen) atoms. The van der Waals surface area contributed by atoms with E-state index in [1.807, 2.05) is 41.4 Å². The van der Waals surface area contributed by atoms with Gasteiger partial charge in [-0.15, -0.1) is 11.3 Å². The normalized spacial score (nSPS) is 15.7. The molecule has 3 heterocycles. The Hall–Kier alpha value is -1.63. The van der Waals surface area contributed by atoms with Crippen molar-refractivity contribution in [2.75, 3.05) is 32.7 Å². The second-order valence-corrected chi connectivity index (χ2v) is 8.61. The van der Waals surface area contributed by atoms with Crippen molar-refractivity contribution in [3.05, 3.63) is 56.4 Å². The van der Waals surface area contributed by atoms with E-state index in [2.05, 4.69) is 38.3 Å². The number of amides is 1. The lowest BCUT2D eigenvalue weighted by Gasteiger charge is -2.34. The Bertz CT molecular complexity index is 911. The second-order valence-electron chi connectivity index (χ2n) is 6.66. The number of halogens is 1. The summed E-state index contributed by atoms with van der Waals surface area (Å²) in [6.07, 6.45) is 1.09. The monoisotopic (exact) mass is 432 g/mol. The number of benzene rings is 1. The zero-order valence-corrected chi connectivity index (χ0v) is 17.1. The molecular weight excluding hydrogens is 412 g/mol. The van der Waals surface area contributed by atoms with E-state index in [1.165, 1.54) is 4.88 Å². The quantitative estimate of drug-likeness (QED) is 0.605. The maximum Gasteiger partial charge on any atom is 0.289 e. The standard InChI is InChI=1S/C20H21BrN2O2S/c1-14-17-13-15(21)4-5-18(17)25-19(14)20(24)23-10-8-22(9-11-23)7-6-16-3-2-12-26-16/h2-5,12-13H,6-11H2,1H3. The van der Waals surface area contributed by atoms with Crippen molar-refractivity contribution in [2.45, 2.75) is 13.3 Å². The highest BCUT2D eigenvalue weighted by Crippen LogP contribution is 2.29. The van der Waals surface area contributed by atoms with Crippen LogP contribution in [0.1, 0.15) is 21.0 Å². The summed E-state index contributed by atoms with van der Waals surface area (Å²) >= 11 is 5.29. The van der Waals surface area contributed by atoms with Crippen molar-refractivity contribution < 1.29 is 9.21 Å². The van der Waals surface area contributed by atoms with Gasteiger partial charge < -0.3 is 9.32 Å². The van der Waals surface area contributed by atoms with Crippen LogP contribution in [-0.2, 0) is 6.42 Å². The third-order valence-electron chi connectivity index (χ3n) is 5.01. The summed E-state index contributed by atoms with van der Waals surface area (Å²) in [6.45, 7) is 6.36. The Morgan fingerprint density at radius 2 is 2.04 bits per heavy atom. The van der Waals surface area contributed by atoms with E-state index in [9.17, 15) is 4.79 Å². The number of aryl methyl sites for hydroxylation is 1. The number of piperazine rings is 1. The molecule has 6 heteroatoms. The fourth-order valence-electron chi connectivity index (χ4n) is 3.44. The third-order valence-corrected chi connectivity index (χ3v) is 6.44. The number of fused-ring (bicyclic) bond motifs is 1. The molecule has 0 aliphatic carbocycles. The van der Waals surface area contributed by atoms with E-state index in [0.29, 0.717) is 5.76 Å². The first-order valence-electron chi connectivity index (χ1n) is 8.84. The van der Waals surface area contributed by atoms with Crippen molar-refractivity contribution in [3.8, 4) is 0 Å². The number of carbonyl (C=O) groups excluding carboxylic acids is 1. The van der Waals surface area contributed by atoms with Crippen LogP contribution in [0.2, 0.25) is 0 Å². The number of thiophene rings is 1. The van der Waals surface area contributed by atoms with Crippen molar-refractivity contribution in [1.82, 2.24) is 9.80 Å². The van der Waals surface area contributed by atoms with Crippen LogP contribution in [0.3, 0.4) is 0 Å². The lowest BCUT2D eigenvalue weighted by molar-refractivity contribution is 0.0609. The number of hydrogen-bond donors (Lipinski definition) is 0. The van der Waals surface area contributed by atoms with E-state index >= 15 is 0 Å². The van der Waals surface area contributed by atoms with Gasteiger partial charge in [-0.1, -0.05) is 22.0 Å². The lowest BCUT2D eigenvalue weighted by atomic mass is 10.1. The van der Waals surface area contributed by atoms with Crippen LogP contribution >= 0.6 is 27.3 Å². The molecule has 3 aromatic rings. The van der Waals surface area contributed by atoms with Crippen molar-refractivity contribution in [2.24, 2.45) is 0 Å². The van der Waals surface area contributed by atoms with Crippen molar-refractivity contribution in [3.63, 3.8) is 0 Å². The SMILES string of the molecule is Cc1c(C(=O)N2CCN(CCc3cccs3)CC2)oc2ccc(Br)cc12. The van der Waals surface area contributed by atoms with Crippen LogP contribution in [-0.4, -0.2) is 48.4 Å². The number of nitrogens with zero attached hydrogens (tertiary/aromatic N) is 2. The largest absolute Gasteiger partial charge is 0.451 e. The molecule has 4 rings (SSSR count). The topological polar surface area (TPSA) is 36.7 Å². The van der Waals surface area contributed by atoms with Gasteiger partial charge >= 0.3 is 0 Å². The van der Waals surface area contributed by atoms with Crippen LogP contribution in [0.5, 0.6) is 0 Å². The maximum absolute atomic E-state index is 12.9. The molecule has 136 valence electrons. The van der Waals surface area contributed by atoms with Gasteiger partial charge in [0.25, 0.3) is 5.91 Å². The molecule has 1 saturated heterocycles. The first-order chi connectivity index (χ1) is 12.6. The minimum atomic E-state index is 0.00716. The molecule has 1 aliphatic heterocycles. The fourth-order valence-corrected chi connectivity index (χ4v) is 4.50. The molecule has 1 aliphatic rings. The minimum Gasteiger partial charge on any atom is -0.451 e. The Kier molecular flexibility index (Phi) is 5.16. The lowest BCUT2D eigenvalue weighted by Crippen LogP contribution is -2.49. The Morgan fingerprint density at radius 3 is 2.77 bits per heavy atom. The van der Waals surface area contributed by atoms with E-state index in [1.54, 1.807) is 0 Å². The summed E-state index contributed by atoms with van der Waals surface area (Å²) in [5.41, 5.74) is 1.69. The van der Waals surface area contributed by atoms with Crippen molar-refractivity contribution in [1.29, 1.82) is 0 Å². The molecule has 0 spiro atoms. The van der Waals surface area contributed by atoms with Gasteiger partial charge in [0.15, 0.2) is 5.76 Å². The molecule has 0 N–H and O–H groups in total. The molecule has 0 saturated carbocycles. The number of rotatable bonds is 4. The van der Waals surface area contributed by atoms with Crippen molar-refractivity contribution >= 4 is 44.1 Å². The van der Waals surface area contributed by atoms with Gasteiger partial charge in [0.1, 0.15) is 5.58 Å². The maximum atomic E-state index is 12.9. The van der Waals surface area contributed by atoms with Gasteiger partial charge in [-0.3, -0.25) is 9.69 Å². The van der Waals surface area contributed by atoms with Gasteiger partial charge in [-0.25, -0.2) is 0 Å². The van der Waals surface area contributed by atoms with Gasteiger partial charge in [-0.2, -0.15) is 0 Å². The van der Waals surface area contributed by atoms with Gasteiger partial charge in [0, 0.05) is 53.0 Å². The van der Waals surface area contributed by atoms with Crippen LogP contribution in [0.15, 0.2) is 44.6 Å². The Labute approximate surface area is 165 Å². The number of furan rings is 1. The Morgan fingerprint density at radius 1 is 1.23 bits per heavy atom. The first kappa shape index (κ1) is 17.8. The smallest absolute Gasteiger partial charge is 0.289 e.